The third kappa shape index (κ3) is 4.17. The minimum absolute atomic E-state index is 0.0404. The average Bonchev–Trinajstić information content (AvgIpc) is 2.39. The van der Waals surface area contributed by atoms with Crippen LogP contribution in [0.5, 0.6) is 0 Å². The second-order valence-electron chi connectivity index (χ2n) is 5.11. The fourth-order valence-electron chi connectivity index (χ4n) is 2.44. The second kappa shape index (κ2) is 6.67. The number of hydrogen-bond acceptors (Lipinski definition) is 5. The predicted molar refractivity (Wildman–Crippen MR) is 70.1 cm³/mol. The van der Waals surface area contributed by atoms with Crippen molar-refractivity contribution in [1.82, 2.24) is 20.0 Å². The summed E-state index contributed by atoms with van der Waals surface area (Å²) in [6.45, 7) is 4.55. The number of aliphatic carboxylic acids is 1. The largest absolute Gasteiger partial charge is 0.480 e. The lowest BCUT2D eigenvalue weighted by Crippen LogP contribution is -2.54. The van der Waals surface area contributed by atoms with Crippen LogP contribution in [0.1, 0.15) is 0 Å². The van der Waals surface area contributed by atoms with Crippen LogP contribution in [0.15, 0.2) is 0 Å². The van der Waals surface area contributed by atoms with E-state index in [-0.39, 0.29) is 24.9 Å². The van der Waals surface area contributed by atoms with Crippen LogP contribution in [-0.4, -0.2) is 96.5 Å². The Morgan fingerprint density at radius 3 is 2.40 bits per heavy atom. The Balaban J connectivity index is 1.71. The van der Waals surface area contributed by atoms with E-state index >= 15 is 0 Å². The van der Waals surface area contributed by atoms with E-state index in [1.54, 1.807) is 0 Å². The van der Waals surface area contributed by atoms with Crippen molar-refractivity contribution in [1.29, 1.82) is 0 Å². The molecule has 0 atom stereocenters. The van der Waals surface area contributed by atoms with Gasteiger partial charge in [-0.1, -0.05) is 0 Å². The standard InChI is InChI=1S/C12H20N4O4/c17-10-7-14(2-1-13-10)3-4-15-5-6-16(9-12(19)20)11(18)8-15/h1-9H2,(H,13,17)(H,19,20). The molecule has 2 aliphatic rings. The summed E-state index contributed by atoms with van der Waals surface area (Å²) < 4.78 is 0. The van der Waals surface area contributed by atoms with Gasteiger partial charge < -0.3 is 15.3 Å². The number of nitrogens with one attached hydrogen (secondary N) is 1. The van der Waals surface area contributed by atoms with Crippen LogP contribution in [0.3, 0.4) is 0 Å². The van der Waals surface area contributed by atoms with Gasteiger partial charge in [-0.2, -0.15) is 0 Å². The van der Waals surface area contributed by atoms with E-state index in [1.807, 2.05) is 4.90 Å². The van der Waals surface area contributed by atoms with Crippen molar-refractivity contribution in [3.05, 3.63) is 0 Å². The van der Waals surface area contributed by atoms with Crippen LogP contribution in [0.2, 0.25) is 0 Å². The Hall–Kier alpha value is -1.67. The SMILES string of the molecule is O=C(O)CN1CCN(CCN2CCNC(=O)C2)CC1=O. The average molecular weight is 284 g/mol. The molecule has 0 aromatic carbocycles. The zero-order chi connectivity index (χ0) is 14.5. The molecular formula is C12H20N4O4. The predicted octanol–water partition coefficient (Wildman–Crippen LogP) is -2.35. The van der Waals surface area contributed by atoms with Crippen molar-refractivity contribution in [3.63, 3.8) is 0 Å². The van der Waals surface area contributed by atoms with Crippen molar-refractivity contribution in [2.24, 2.45) is 0 Å². The number of piperazine rings is 2. The summed E-state index contributed by atoms with van der Waals surface area (Å²) in [6, 6.07) is 0. The summed E-state index contributed by atoms with van der Waals surface area (Å²) >= 11 is 0. The van der Waals surface area contributed by atoms with E-state index in [4.69, 9.17) is 5.11 Å². The van der Waals surface area contributed by atoms with E-state index in [0.29, 0.717) is 26.2 Å². The summed E-state index contributed by atoms with van der Waals surface area (Å²) in [5.41, 5.74) is 0. The second-order valence-corrected chi connectivity index (χ2v) is 5.11. The van der Waals surface area contributed by atoms with Crippen molar-refractivity contribution in [3.8, 4) is 0 Å². The highest BCUT2D eigenvalue weighted by Crippen LogP contribution is 2.04. The summed E-state index contributed by atoms with van der Waals surface area (Å²) in [5, 5.41) is 11.5. The molecule has 8 heteroatoms. The zero-order valence-electron chi connectivity index (χ0n) is 11.4. The van der Waals surface area contributed by atoms with Crippen molar-refractivity contribution < 1.29 is 19.5 Å². The van der Waals surface area contributed by atoms with Crippen LogP contribution < -0.4 is 5.32 Å². The van der Waals surface area contributed by atoms with Crippen LogP contribution >= 0.6 is 0 Å². The monoisotopic (exact) mass is 284 g/mol. The van der Waals surface area contributed by atoms with Gasteiger partial charge in [0.05, 0.1) is 13.1 Å². The van der Waals surface area contributed by atoms with E-state index in [2.05, 4.69) is 10.2 Å². The molecule has 2 amide bonds. The molecule has 2 saturated heterocycles. The van der Waals surface area contributed by atoms with E-state index < -0.39 is 5.97 Å². The van der Waals surface area contributed by atoms with Crippen molar-refractivity contribution in [2.75, 3.05) is 58.9 Å². The Morgan fingerprint density at radius 1 is 1.10 bits per heavy atom. The normalized spacial score (nSPS) is 21.9. The summed E-state index contributed by atoms with van der Waals surface area (Å²) in [5.74, 6) is -1.08. The molecule has 2 fully saturated rings. The zero-order valence-corrected chi connectivity index (χ0v) is 11.4. The Morgan fingerprint density at radius 2 is 1.80 bits per heavy atom. The molecule has 0 unspecified atom stereocenters. The van der Waals surface area contributed by atoms with Gasteiger partial charge in [0.2, 0.25) is 11.8 Å². The molecule has 0 spiro atoms. The molecule has 0 aromatic rings. The van der Waals surface area contributed by atoms with Crippen LogP contribution in [0.25, 0.3) is 0 Å². The lowest BCUT2D eigenvalue weighted by atomic mass is 10.3. The first-order chi connectivity index (χ1) is 9.54. The molecule has 20 heavy (non-hydrogen) atoms. The molecule has 2 rings (SSSR count). The van der Waals surface area contributed by atoms with Gasteiger partial charge in [-0.25, -0.2) is 0 Å². The topological polar surface area (TPSA) is 93.2 Å². The molecule has 0 aliphatic carbocycles. The van der Waals surface area contributed by atoms with E-state index in [9.17, 15) is 14.4 Å². The van der Waals surface area contributed by atoms with Gasteiger partial charge >= 0.3 is 5.97 Å². The number of carbonyl (C=O) groups excluding carboxylic acids is 2. The minimum Gasteiger partial charge on any atom is -0.480 e. The highest BCUT2D eigenvalue weighted by molar-refractivity contribution is 5.83. The van der Waals surface area contributed by atoms with Crippen LogP contribution in [0.4, 0.5) is 0 Å². The smallest absolute Gasteiger partial charge is 0.323 e. The van der Waals surface area contributed by atoms with Gasteiger partial charge in [0, 0.05) is 39.3 Å². The van der Waals surface area contributed by atoms with Gasteiger partial charge in [0.25, 0.3) is 0 Å². The highest BCUT2D eigenvalue weighted by atomic mass is 16.4. The number of amides is 2. The maximum absolute atomic E-state index is 11.8. The van der Waals surface area contributed by atoms with Gasteiger partial charge in [0.15, 0.2) is 0 Å². The molecule has 112 valence electrons. The summed E-state index contributed by atoms with van der Waals surface area (Å²) in [7, 11) is 0. The summed E-state index contributed by atoms with van der Waals surface area (Å²) in [4.78, 5) is 39.1. The minimum atomic E-state index is -0.980. The number of carbonyl (C=O) groups is 3. The van der Waals surface area contributed by atoms with Crippen LogP contribution in [0, 0.1) is 0 Å². The first kappa shape index (κ1) is 14.7. The Kier molecular flexibility index (Phi) is 4.91. The number of rotatable bonds is 5. The molecule has 8 nitrogen and oxygen atoms in total. The highest BCUT2D eigenvalue weighted by Gasteiger charge is 2.25. The van der Waals surface area contributed by atoms with Gasteiger partial charge in [-0.15, -0.1) is 0 Å². The first-order valence-electron chi connectivity index (χ1n) is 6.75. The Labute approximate surface area is 117 Å². The molecule has 2 N–H and O–H groups in total. The fraction of sp³-hybridized carbons (Fsp3) is 0.750. The first-order valence-corrected chi connectivity index (χ1v) is 6.75. The lowest BCUT2D eigenvalue weighted by Gasteiger charge is -2.35. The van der Waals surface area contributed by atoms with Gasteiger partial charge in [-0.05, 0) is 0 Å². The molecule has 2 aliphatic heterocycles. The third-order valence-corrected chi connectivity index (χ3v) is 3.57. The maximum Gasteiger partial charge on any atom is 0.323 e. The van der Waals surface area contributed by atoms with Crippen molar-refractivity contribution in [2.45, 2.75) is 0 Å². The van der Waals surface area contributed by atoms with Gasteiger partial charge in [0.1, 0.15) is 6.54 Å². The number of carboxylic acid groups (broad SMARTS) is 1. The van der Waals surface area contributed by atoms with Crippen molar-refractivity contribution >= 4 is 17.8 Å². The molecule has 0 aromatic heterocycles. The lowest BCUT2D eigenvalue weighted by molar-refractivity contribution is -0.147. The third-order valence-electron chi connectivity index (χ3n) is 3.57. The fourth-order valence-corrected chi connectivity index (χ4v) is 2.44. The molecule has 0 bridgehead atoms. The maximum atomic E-state index is 11.8. The number of carboxylic acids is 1. The quantitative estimate of drug-likeness (QED) is 0.587. The molecular weight excluding hydrogens is 264 g/mol. The van der Waals surface area contributed by atoms with Gasteiger partial charge in [-0.3, -0.25) is 24.2 Å². The van der Waals surface area contributed by atoms with Crippen LogP contribution in [-0.2, 0) is 14.4 Å². The Bertz CT molecular complexity index is 401. The molecule has 0 radical (unpaired) electrons. The summed E-state index contributed by atoms with van der Waals surface area (Å²) in [6.07, 6.45) is 0. The number of hydrogen-bond donors (Lipinski definition) is 2. The van der Waals surface area contributed by atoms with E-state index in [0.717, 1.165) is 19.6 Å². The molecule has 2 heterocycles. The number of nitrogens with zero attached hydrogens (tertiary/aromatic N) is 3. The van der Waals surface area contributed by atoms with E-state index in [1.165, 1.54) is 4.90 Å². The molecule has 0 saturated carbocycles.